The molecule has 1 amide bonds. The Morgan fingerprint density at radius 2 is 0.575 bits per heavy atom. The fraction of sp³-hybridized carbons (Fsp3) is 0.386. The number of amides is 1. The molecule has 5 N–H and O–H groups in total. The minimum absolute atomic E-state index is 0.0990. The molecule has 0 aromatic heterocycles. The van der Waals surface area contributed by atoms with Crippen LogP contribution in [0.1, 0.15) is 90.1 Å². The van der Waals surface area contributed by atoms with Gasteiger partial charge in [-0.05, 0) is 174 Å². The Balaban J connectivity index is 0.00000201. The number of rotatable bonds is 51. The van der Waals surface area contributed by atoms with Gasteiger partial charge in [-0.3, -0.25) is 4.79 Å². The Kier molecular flexibility index (Phi) is 67.6. The smallest absolute Gasteiger partial charge is 0.343 e. The Labute approximate surface area is 665 Å². The molecule has 0 spiro atoms. The molecule has 0 heterocycles. The number of esters is 4. The van der Waals surface area contributed by atoms with E-state index in [0.717, 1.165) is 75.9 Å². The monoisotopic (exact) mass is 1680 g/mol. The molecule has 628 valence electrons. The fourth-order valence-corrected chi connectivity index (χ4v) is 5.65. The normalized spacial score (nSPS) is 12.9. The summed E-state index contributed by atoms with van der Waals surface area (Å²) < 4.78 is 30.2. The molecule has 0 saturated heterocycles. The first-order chi connectivity index (χ1) is 58.8. The Morgan fingerprint density at radius 1 is 0.325 bits per heavy atom. The van der Waals surface area contributed by atoms with Crippen LogP contribution in [0.3, 0.4) is 0 Å². The van der Waals surface area contributed by atoms with Crippen molar-refractivity contribution in [1.82, 2.24) is 0 Å². The summed E-state index contributed by atoms with van der Waals surface area (Å²) in [5.74, 6) is 8.16. The minimum atomic E-state index is -0.646. The fourth-order valence-electron chi connectivity index (χ4n) is 5.65. The van der Waals surface area contributed by atoms with Crippen LogP contribution in [0.15, 0.2) is 416 Å². The number of methoxy groups -OCH3 is 2. The average Bonchev–Trinajstić information content (AvgIpc) is 0.830. The van der Waals surface area contributed by atoms with E-state index in [1.165, 1.54) is 49.9 Å². The van der Waals surface area contributed by atoms with Gasteiger partial charge in [0.1, 0.15) is 11.5 Å². The first-order valence-electron chi connectivity index (χ1n) is 31.2. The van der Waals surface area contributed by atoms with Gasteiger partial charge in [-0.25, -0.2) is 19.2 Å². The van der Waals surface area contributed by atoms with Crippen molar-refractivity contribution in [2.24, 2.45) is 336 Å². The average molecular weight is 1680 g/mol. The second-order valence-electron chi connectivity index (χ2n) is 18.0. The number of nitrogens with zero attached hydrogens (tertiary/aromatic N) is 62. The molecule has 76 nitrogen and oxygen atoms in total. The van der Waals surface area contributed by atoms with Crippen LogP contribution in [0.5, 0.6) is 11.5 Å². The third-order valence-corrected chi connectivity index (χ3v) is 10.1. The van der Waals surface area contributed by atoms with Crippen molar-refractivity contribution in [2.75, 3.05) is 46.0 Å². The Hall–Kier alpha value is -18.5. The van der Waals surface area contributed by atoms with E-state index in [9.17, 15) is 24.0 Å². The lowest BCUT2D eigenvalue weighted by Gasteiger charge is -2.11. The molecule has 0 unspecified atom stereocenters. The van der Waals surface area contributed by atoms with Crippen molar-refractivity contribution in [2.45, 2.75) is 72.1 Å². The molecule has 3 aromatic carbocycles. The van der Waals surface area contributed by atoms with Gasteiger partial charge in [0, 0.05) is 273 Å². The minimum Gasteiger partial charge on any atom is -0.494 e. The zero-order chi connectivity index (χ0) is 87.4. The molecule has 120 heavy (non-hydrogen) atoms. The van der Waals surface area contributed by atoms with Gasteiger partial charge in [0.05, 0.1) is 43.7 Å². The number of carbonyl (C=O) groups is 5. The van der Waals surface area contributed by atoms with E-state index in [4.69, 9.17) is 23.7 Å². The highest BCUT2D eigenvalue weighted by Gasteiger charge is 2.17. The van der Waals surface area contributed by atoms with E-state index in [-0.39, 0.29) is 34.8 Å². The standard InChI is InChI=1S/C18H17NO5.C16H22O3.C10H18O3.H4N64/c1-11-4-6-13(7-5-11)17(21)24-14-8-9-16(19-12(2)20)15(10-14)18(22)23-3;1-3-16(17)19-13-7-5-4-6-12-18-15-10-8-14(2)9-11-15;1-3-10(11)13-9-7-5-4-6-8-12-2;1-3-5-7-9-11-13-15-17-19-21-23-25-27-29-31-33-35-37-39-41-43-45-47-49-51-53-55-57-59-61-63-64-62-60-58-56-54-52-50-48-46-44-42-40-38-36-34-32-30-28-26-24-22-20-18-16-14-12-10-8-6-4-2/h4-10H,1-3H3,(H,19,20);3,8-11H,1,4-7,12-13H2,2H3;3H,1,4-9H2,2H3;(H2,1,4,5,8,9,12,13,16,17,20,21,24,25,28,29,32,33,36,37,40,41,44,45,48,49,52,53,56,57,60,61,64)(H2,2,3,6,7,10,11,14,15,18,19,22,23,26,27,30,31,34,35,38,39,42,43,46,47,50,51,54,55,58,59,62,63). The molecule has 0 saturated carbocycles. The number of nitrogens with one attached hydrogen (secondary N) is 1. The van der Waals surface area contributed by atoms with Gasteiger partial charge in [0.15, 0.2) is 0 Å². The molecular weight excluding hydrogens is 1610 g/mol. The van der Waals surface area contributed by atoms with Crippen LogP contribution >= 0.6 is 0 Å². The lowest BCUT2D eigenvalue weighted by atomic mass is 10.1. The van der Waals surface area contributed by atoms with E-state index in [1.54, 1.807) is 31.4 Å². The number of hydrogen-bond donors (Lipinski definition) is 3. The zero-order valence-corrected chi connectivity index (χ0v) is 62.3. The topological polar surface area (TPSA) is 971 Å². The lowest BCUT2D eigenvalue weighted by Crippen LogP contribution is -2.13. The Morgan fingerprint density at radius 3 is 0.825 bits per heavy atom. The molecule has 76 heteroatoms. The van der Waals surface area contributed by atoms with Gasteiger partial charge >= 0.3 is 23.9 Å². The molecule has 0 bridgehead atoms. The van der Waals surface area contributed by atoms with Crippen molar-refractivity contribution in [3.05, 3.63) is 114 Å². The number of unbranched alkanes of at least 4 members (excludes halogenated alkanes) is 6. The van der Waals surface area contributed by atoms with Gasteiger partial charge in [-0.2, -0.15) is 0 Å². The second kappa shape index (κ2) is 80.0. The molecule has 3 rings (SSSR count). The summed E-state index contributed by atoms with van der Waals surface area (Å²) in [7, 11) is 2.93. The predicted octanol–water partition coefficient (Wildman–Crippen LogP) is 18.7. The van der Waals surface area contributed by atoms with Crippen LogP contribution in [0.25, 0.3) is 0 Å². The van der Waals surface area contributed by atoms with Crippen molar-refractivity contribution >= 4 is 35.5 Å². The number of anilines is 1. The predicted molar refractivity (Wildman–Crippen MR) is 375 cm³/mol. The number of aryl methyl sites for hydroxylation is 2. The molecule has 0 radical (unpaired) electrons. The molecule has 0 fully saturated rings. The summed E-state index contributed by atoms with van der Waals surface area (Å²) in [6, 6.07) is 19.3. The van der Waals surface area contributed by atoms with Crippen LogP contribution in [0, 0.1) is 13.8 Å². The summed E-state index contributed by atoms with van der Waals surface area (Å²) >= 11 is 0. The first kappa shape index (κ1) is 101. The van der Waals surface area contributed by atoms with E-state index >= 15 is 0 Å². The molecular formula is C44H61N65O11. The number of carbonyl (C=O) groups excluding carboxylic acids is 5. The highest BCUT2D eigenvalue weighted by Crippen LogP contribution is 2.24. The van der Waals surface area contributed by atoms with Gasteiger partial charge in [-0.15, -0.1) is 0 Å². The van der Waals surface area contributed by atoms with Crippen LogP contribution < -0.4 is 26.5 Å². The highest BCUT2D eigenvalue weighted by atomic mass is 16.5. The number of benzene rings is 3. The molecule has 0 atom stereocenters. The maximum Gasteiger partial charge on any atom is 0.343 e. The first-order valence-corrected chi connectivity index (χ1v) is 31.2. The van der Waals surface area contributed by atoms with E-state index in [0.29, 0.717) is 18.8 Å². The van der Waals surface area contributed by atoms with Crippen LogP contribution in [0.4, 0.5) is 5.69 Å². The molecule has 0 aliphatic carbocycles. The lowest BCUT2D eigenvalue weighted by molar-refractivity contribution is -0.138. The maximum absolute atomic E-state index is 12.1. The van der Waals surface area contributed by atoms with Crippen LogP contribution in [0.2, 0.25) is 0 Å². The Bertz CT molecular complexity index is 4290. The summed E-state index contributed by atoms with van der Waals surface area (Å²) in [5, 5.41) is 187. The van der Waals surface area contributed by atoms with Gasteiger partial charge in [0.25, 0.3) is 0 Å². The largest absolute Gasteiger partial charge is 0.494 e. The summed E-state index contributed by atoms with van der Waals surface area (Å²) in [6.45, 7) is 14.5. The van der Waals surface area contributed by atoms with Crippen molar-refractivity contribution in [3.8, 4) is 11.5 Å². The summed E-state index contributed by atoms with van der Waals surface area (Å²) in [4.78, 5) is 56.5. The van der Waals surface area contributed by atoms with Crippen molar-refractivity contribution in [3.63, 3.8) is 0 Å². The molecule has 0 aliphatic rings. The van der Waals surface area contributed by atoms with Crippen LogP contribution in [-0.2, 0) is 33.3 Å². The number of nitrogens with two attached hydrogens (primary N) is 2. The number of ether oxygens (including phenoxy) is 6. The maximum atomic E-state index is 12.1. The molecule has 0 aliphatic heterocycles. The summed E-state index contributed by atoms with van der Waals surface area (Å²) in [5.41, 5.74) is 3.04. The quantitative estimate of drug-likeness (QED) is 0.00692. The van der Waals surface area contributed by atoms with E-state index in [1.807, 2.05) is 31.2 Å². The highest BCUT2D eigenvalue weighted by molar-refractivity contribution is 6.01. The molecule has 3 aromatic rings. The third-order valence-electron chi connectivity index (χ3n) is 10.1. The third kappa shape index (κ3) is 69.9. The number of hydrogen-bond acceptors (Lipinski definition) is 13. The van der Waals surface area contributed by atoms with E-state index < -0.39 is 11.9 Å². The van der Waals surface area contributed by atoms with Gasteiger partial charge < -0.3 is 45.4 Å². The van der Waals surface area contributed by atoms with Gasteiger partial charge in [0.2, 0.25) is 5.91 Å². The van der Waals surface area contributed by atoms with E-state index in [2.05, 4.69) is 366 Å². The second-order valence-corrected chi connectivity index (χ2v) is 18.0. The zero-order valence-electron chi connectivity index (χ0n) is 62.3. The van der Waals surface area contributed by atoms with Crippen LogP contribution in [-0.4, -0.2) is 70.4 Å². The van der Waals surface area contributed by atoms with Gasteiger partial charge in [-0.1, -0.05) is 65.4 Å². The summed E-state index contributed by atoms with van der Waals surface area (Å²) in [6.07, 6.45) is 10.6. The van der Waals surface area contributed by atoms with Crippen molar-refractivity contribution < 1.29 is 52.4 Å². The SMILES string of the molecule is C=CC(=O)OCCCCCCOC.C=CC(=O)OCCCCCCOc1ccc(C)cc1.COC(=O)c1cc(OC(=O)c2ccc(C)cc2)ccc1NC(C)=O.N/N=N/N=N/N=N/N=N/N=N/N=N/N=N/N=N/N=N/N=N/N=N/N=N/N=N/N=N/N=N/N=N/N=N/N=N/N=N/N=N/N=N/N=N/N=N/N=N/N=N/N=N/N=N/N=N/N=N/N=N/N=N/N. The van der Waals surface area contributed by atoms with Crippen molar-refractivity contribution in [1.29, 1.82) is 0 Å².